The van der Waals surface area contributed by atoms with Crippen LogP contribution in [0.3, 0.4) is 0 Å². The van der Waals surface area contributed by atoms with Gasteiger partial charge in [0.2, 0.25) is 0 Å². The number of carbonyl (C=O) groups is 3. The van der Waals surface area contributed by atoms with Crippen LogP contribution in [-0.2, 0) is 14.4 Å². The number of rotatable bonds is 7. The van der Waals surface area contributed by atoms with Crippen LogP contribution in [0, 0.1) is 21.7 Å². The third-order valence-corrected chi connectivity index (χ3v) is 3.59. The van der Waals surface area contributed by atoms with Gasteiger partial charge in [-0.3, -0.25) is 14.4 Å². The van der Waals surface area contributed by atoms with Gasteiger partial charge in [-0.15, -0.1) is 0 Å². The van der Waals surface area contributed by atoms with Crippen molar-refractivity contribution in [3.8, 4) is 0 Å². The van der Waals surface area contributed by atoms with Crippen molar-refractivity contribution in [1.82, 2.24) is 0 Å². The SMILES string of the molecule is CC(C)(C)CC(=O)CC(C)(C)C.CC(C)(C)CC(=O)CCC(=O)CC(C)(C)C. The van der Waals surface area contributed by atoms with Gasteiger partial charge in [-0.05, 0) is 21.7 Å². The third kappa shape index (κ3) is 25.0. The molecular weight excluding hydrogens is 348 g/mol. The fourth-order valence-corrected chi connectivity index (χ4v) is 2.88. The molecule has 0 spiro atoms. The van der Waals surface area contributed by atoms with Gasteiger partial charge in [0.1, 0.15) is 17.3 Å². The second-order valence-corrected chi connectivity index (χ2v) is 13.1. The molecule has 0 N–H and O–H groups in total. The van der Waals surface area contributed by atoms with Crippen LogP contribution in [0.5, 0.6) is 0 Å². The Labute approximate surface area is 175 Å². The minimum atomic E-state index is 0.0319. The summed E-state index contributed by atoms with van der Waals surface area (Å²) in [5, 5.41) is 0. The van der Waals surface area contributed by atoms with Crippen LogP contribution in [0.1, 0.15) is 122 Å². The monoisotopic (exact) mass is 396 g/mol. The summed E-state index contributed by atoms with van der Waals surface area (Å²) in [6.07, 6.45) is 3.35. The number of hydrogen-bond acceptors (Lipinski definition) is 3. The van der Waals surface area contributed by atoms with Crippen molar-refractivity contribution < 1.29 is 14.4 Å². The quantitative estimate of drug-likeness (QED) is 0.457. The molecule has 0 aliphatic heterocycles. The highest BCUT2D eigenvalue weighted by molar-refractivity contribution is 5.86. The molecule has 0 saturated carbocycles. The zero-order valence-corrected chi connectivity index (χ0v) is 21.0. The molecule has 0 heterocycles. The van der Waals surface area contributed by atoms with Crippen LogP contribution in [0.25, 0.3) is 0 Å². The molecule has 0 aromatic heterocycles. The minimum Gasteiger partial charge on any atom is -0.300 e. The molecule has 0 bridgehead atoms. The lowest BCUT2D eigenvalue weighted by molar-refractivity contribution is -0.126. The van der Waals surface area contributed by atoms with Crippen molar-refractivity contribution in [1.29, 1.82) is 0 Å². The molecule has 0 unspecified atom stereocenters. The summed E-state index contributed by atoms with van der Waals surface area (Å²) in [5.74, 6) is 0.791. The number of ketones is 3. The van der Waals surface area contributed by atoms with E-state index in [1.165, 1.54) is 0 Å². The Kier molecular flexibility index (Phi) is 11.7. The minimum absolute atomic E-state index is 0.0319. The van der Waals surface area contributed by atoms with Gasteiger partial charge in [-0.2, -0.15) is 0 Å². The molecule has 0 aliphatic rings. The van der Waals surface area contributed by atoms with Crippen LogP contribution in [0.2, 0.25) is 0 Å². The molecule has 0 atom stereocenters. The lowest BCUT2D eigenvalue weighted by atomic mass is 9.83. The van der Waals surface area contributed by atoms with Crippen molar-refractivity contribution in [3.05, 3.63) is 0 Å². The number of Topliss-reactive ketones (excluding diaryl/α,β-unsaturated/α-hetero) is 3. The predicted octanol–water partition coefficient (Wildman–Crippen LogP) is 7.21. The summed E-state index contributed by atoms with van der Waals surface area (Å²) >= 11 is 0. The van der Waals surface area contributed by atoms with Gasteiger partial charge in [0.05, 0.1) is 0 Å². The van der Waals surface area contributed by atoms with Crippen LogP contribution < -0.4 is 0 Å². The Morgan fingerprint density at radius 2 is 0.571 bits per heavy atom. The van der Waals surface area contributed by atoms with Gasteiger partial charge in [0.25, 0.3) is 0 Å². The van der Waals surface area contributed by atoms with Crippen molar-refractivity contribution in [2.75, 3.05) is 0 Å². The first-order valence-corrected chi connectivity index (χ1v) is 10.6. The molecule has 0 aliphatic carbocycles. The number of carbonyl (C=O) groups excluding carboxylic acids is 3. The van der Waals surface area contributed by atoms with Crippen molar-refractivity contribution in [2.24, 2.45) is 21.7 Å². The van der Waals surface area contributed by atoms with Crippen LogP contribution >= 0.6 is 0 Å². The molecule has 28 heavy (non-hydrogen) atoms. The van der Waals surface area contributed by atoms with Crippen LogP contribution in [-0.4, -0.2) is 17.3 Å². The zero-order valence-electron chi connectivity index (χ0n) is 21.0. The van der Waals surface area contributed by atoms with E-state index in [2.05, 4.69) is 41.5 Å². The zero-order chi connectivity index (χ0) is 23.0. The Hall–Kier alpha value is -0.990. The highest BCUT2D eigenvalue weighted by Crippen LogP contribution is 2.25. The van der Waals surface area contributed by atoms with Crippen LogP contribution in [0.4, 0.5) is 0 Å². The predicted molar refractivity (Wildman–Crippen MR) is 121 cm³/mol. The molecule has 0 radical (unpaired) electrons. The molecular formula is C25H48O3. The van der Waals surface area contributed by atoms with Gasteiger partial charge in [0.15, 0.2) is 0 Å². The normalized spacial score (nSPS) is 12.9. The average Bonchev–Trinajstić information content (AvgIpc) is 2.27. The maximum Gasteiger partial charge on any atom is 0.133 e. The lowest BCUT2D eigenvalue weighted by Crippen LogP contribution is -2.18. The molecule has 0 rings (SSSR count). The Morgan fingerprint density at radius 3 is 0.750 bits per heavy atom. The lowest BCUT2D eigenvalue weighted by Gasteiger charge is -2.21. The molecule has 0 fully saturated rings. The van der Waals surface area contributed by atoms with E-state index in [1.807, 2.05) is 41.5 Å². The van der Waals surface area contributed by atoms with Gasteiger partial charge in [-0.1, -0.05) is 83.1 Å². The van der Waals surface area contributed by atoms with E-state index in [0.29, 0.717) is 44.3 Å². The Bertz CT molecular complexity index is 454. The van der Waals surface area contributed by atoms with E-state index in [-0.39, 0.29) is 33.2 Å². The molecule has 3 heteroatoms. The van der Waals surface area contributed by atoms with Gasteiger partial charge in [0, 0.05) is 38.5 Å². The maximum absolute atomic E-state index is 11.6. The first kappa shape index (κ1) is 29.2. The molecule has 0 aromatic carbocycles. The Balaban J connectivity index is 0. The van der Waals surface area contributed by atoms with Crippen molar-refractivity contribution >= 4 is 17.3 Å². The van der Waals surface area contributed by atoms with E-state index in [9.17, 15) is 14.4 Å². The fraction of sp³-hybridized carbons (Fsp3) is 0.880. The first-order valence-electron chi connectivity index (χ1n) is 10.6. The van der Waals surface area contributed by atoms with Crippen LogP contribution in [0.15, 0.2) is 0 Å². The highest BCUT2D eigenvalue weighted by atomic mass is 16.1. The summed E-state index contributed by atoms with van der Waals surface area (Å²) in [6.45, 7) is 24.9. The van der Waals surface area contributed by atoms with Crippen molar-refractivity contribution in [3.63, 3.8) is 0 Å². The van der Waals surface area contributed by atoms with Gasteiger partial charge < -0.3 is 0 Å². The molecule has 0 amide bonds. The molecule has 0 aromatic rings. The van der Waals surface area contributed by atoms with E-state index in [4.69, 9.17) is 0 Å². The summed E-state index contributed by atoms with van der Waals surface area (Å²) in [6, 6.07) is 0. The van der Waals surface area contributed by atoms with E-state index >= 15 is 0 Å². The van der Waals surface area contributed by atoms with Gasteiger partial charge in [-0.25, -0.2) is 0 Å². The summed E-state index contributed by atoms with van der Waals surface area (Å²) in [4.78, 5) is 34.6. The van der Waals surface area contributed by atoms with E-state index in [1.54, 1.807) is 0 Å². The van der Waals surface area contributed by atoms with E-state index in [0.717, 1.165) is 0 Å². The first-order chi connectivity index (χ1) is 12.1. The van der Waals surface area contributed by atoms with E-state index < -0.39 is 0 Å². The summed E-state index contributed by atoms with van der Waals surface area (Å²) in [5.41, 5.74) is 0.346. The highest BCUT2D eigenvalue weighted by Gasteiger charge is 2.21. The van der Waals surface area contributed by atoms with Crippen molar-refractivity contribution in [2.45, 2.75) is 122 Å². The second kappa shape index (κ2) is 11.3. The van der Waals surface area contributed by atoms with Gasteiger partial charge >= 0.3 is 0 Å². The average molecular weight is 397 g/mol. The second-order valence-electron chi connectivity index (χ2n) is 13.1. The smallest absolute Gasteiger partial charge is 0.133 e. The molecule has 166 valence electrons. The summed E-state index contributed by atoms with van der Waals surface area (Å²) < 4.78 is 0. The Morgan fingerprint density at radius 1 is 0.393 bits per heavy atom. The number of hydrogen-bond donors (Lipinski definition) is 0. The molecule has 0 saturated heterocycles. The maximum atomic E-state index is 11.6. The fourth-order valence-electron chi connectivity index (χ4n) is 2.88. The third-order valence-electron chi connectivity index (χ3n) is 3.59. The topological polar surface area (TPSA) is 51.2 Å². The largest absolute Gasteiger partial charge is 0.300 e. The summed E-state index contributed by atoms with van der Waals surface area (Å²) in [7, 11) is 0. The standard InChI is InChI=1S/C14H26O2.C11H22O/c1-13(2,3)9-11(15)7-8-12(16)10-14(4,5)6;1-10(2,3)7-9(12)8-11(4,5)6/h7-10H2,1-6H3;7-8H2,1-6H3. The molecule has 3 nitrogen and oxygen atoms in total.